The van der Waals surface area contributed by atoms with Crippen LogP contribution in [0.5, 0.6) is 5.75 Å². The molecule has 0 spiro atoms. The van der Waals surface area contributed by atoms with Crippen LogP contribution in [0, 0.1) is 12.8 Å². The van der Waals surface area contributed by atoms with Gasteiger partial charge in [-0.15, -0.1) is 0 Å². The number of carbonyl (C=O) groups excluding carboxylic acids is 1. The van der Waals surface area contributed by atoms with E-state index in [0.29, 0.717) is 35.1 Å². The van der Waals surface area contributed by atoms with Gasteiger partial charge in [0.2, 0.25) is 0 Å². The van der Waals surface area contributed by atoms with E-state index >= 15 is 0 Å². The first-order valence-corrected chi connectivity index (χ1v) is 7.75. The van der Waals surface area contributed by atoms with E-state index in [-0.39, 0.29) is 11.5 Å². The third-order valence-electron chi connectivity index (χ3n) is 3.49. The van der Waals surface area contributed by atoms with E-state index in [4.69, 9.17) is 9.84 Å². The van der Waals surface area contributed by atoms with Gasteiger partial charge in [-0.05, 0) is 48.7 Å². The maximum Gasteiger partial charge on any atom is 0.336 e. The van der Waals surface area contributed by atoms with Gasteiger partial charge in [-0.2, -0.15) is 0 Å². The Morgan fingerprint density at radius 1 is 1.17 bits per heavy atom. The summed E-state index contributed by atoms with van der Waals surface area (Å²) in [7, 11) is 0. The third-order valence-corrected chi connectivity index (χ3v) is 3.49. The fourth-order valence-electron chi connectivity index (χ4n) is 2.19. The molecule has 2 aromatic carbocycles. The van der Waals surface area contributed by atoms with Gasteiger partial charge >= 0.3 is 5.97 Å². The lowest BCUT2D eigenvalue weighted by Gasteiger charge is -2.12. The fraction of sp³-hybridized carbons (Fsp3) is 0.263. The summed E-state index contributed by atoms with van der Waals surface area (Å²) in [6.45, 7) is 6.34. The summed E-state index contributed by atoms with van der Waals surface area (Å²) >= 11 is 0. The second kappa shape index (κ2) is 7.64. The van der Waals surface area contributed by atoms with Crippen LogP contribution in [0.25, 0.3) is 0 Å². The minimum Gasteiger partial charge on any atom is -0.493 e. The van der Waals surface area contributed by atoms with Gasteiger partial charge in [-0.25, -0.2) is 4.79 Å². The summed E-state index contributed by atoms with van der Waals surface area (Å²) in [4.78, 5) is 23.6. The number of carbonyl (C=O) groups is 2. The molecule has 1 amide bonds. The first-order valence-electron chi connectivity index (χ1n) is 7.75. The maximum absolute atomic E-state index is 12.4. The number of carboxylic acids is 1. The molecule has 0 bridgehead atoms. The van der Waals surface area contributed by atoms with E-state index in [0.717, 1.165) is 0 Å². The van der Waals surface area contributed by atoms with E-state index in [2.05, 4.69) is 19.2 Å². The van der Waals surface area contributed by atoms with Crippen molar-refractivity contribution >= 4 is 17.6 Å². The lowest BCUT2D eigenvalue weighted by Crippen LogP contribution is -2.14. The van der Waals surface area contributed by atoms with Crippen LogP contribution in [-0.2, 0) is 0 Å². The monoisotopic (exact) mass is 327 g/mol. The maximum atomic E-state index is 12.4. The van der Waals surface area contributed by atoms with Crippen molar-refractivity contribution < 1.29 is 19.4 Å². The number of carboxylic acid groups (broad SMARTS) is 1. The van der Waals surface area contributed by atoms with Crippen molar-refractivity contribution in [3.05, 3.63) is 59.2 Å². The summed E-state index contributed by atoms with van der Waals surface area (Å²) in [6, 6.07) is 11.7. The second-order valence-electron chi connectivity index (χ2n) is 5.97. The van der Waals surface area contributed by atoms with Gasteiger partial charge < -0.3 is 15.2 Å². The number of nitrogens with one attached hydrogen (secondary N) is 1. The highest BCUT2D eigenvalue weighted by molar-refractivity contribution is 6.05. The highest BCUT2D eigenvalue weighted by atomic mass is 16.5. The second-order valence-corrected chi connectivity index (χ2v) is 5.97. The Bertz CT molecular complexity index is 753. The molecule has 5 heteroatoms. The average Bonchev–Trinajstić information content (AvgIpc) is 2.54. The Kier molecular flexibility index (Phi) is 5.58. The van der Waals surface area contributed by atoms with Gasteiger partial charge in [0.25, 0.3) is 5.91 Å². The van der Waals surface area contributed by atoms with Crippen molar-refractivity contribution in [3.8, 4) is 5.75 Å². The van der Waals surface area contributed by atoms with Gasteiger partial charge in [0.15, 0.2) is 0 Å². The zero-order chi connectivity index (χ0) is 17.7. The molecule has 0 aromatic heterocycles. The minimum absolute atomic E-state index is 0.168. The van der Waals surface area contributed by atoms with Crippen LogP contribution in [0.3, 0.4) is 0 Å². The molecule has 0 heterocycles. The zero-order valence-corrected chi connectivity index (χ0v) is 14.0. The van der Waals surface area contributed by atoms with Crippen molar-refractivity contribution in [1.82, 2.24) is 0 Å². The number of rotatable bonds is 6. The molecule has 0 saturated heterocycles. The van der Waals surface area contributed by atoms with Crippen LogP contribution in [-0.4, -0.2) is 23.6 Å². The molecule has 0 aliphatic carbocycles. The van der Waals surface area contributed by atoms with E-state index < -0.39 is 5.97 Å². The third kappa shape index (κ3) is 4.35. The molecule has 126 valence electrons. The number of aromatic carboxylic acids is 1. The predicted molar refractivity (Wildman–Crippen MR) is 92.9 cm³/mol. The van der Waals surface area contributed by atoms with Crippen LogP contribution in [0.4, 0.5) is 5.69 Å². The molecule has 0 saturated carbocycles. The van der Waals surface area contributed by atoms with Crippen LogP contribution >= 0.6 is 0 Å². The largest absolute Gasteiger partial charge is 0.493 e. The molecule has 24 heavy (non-hydrogen) atoms. The molecule has 0 radical (unpaired) electrons. The van der Waals surface area contributed by atoms with Gasteiger partial charge in [-0.3, -0.25) is 4.79 Å². The molecule has 0 aliphatic heterocycles. The highest BCUT2D eigenvalue weighted by Gasteiger charge is 2.13. The normalized spacial score (nSPS) is 10.5. The van der Waals surface area contributed by atoms with Crippen LogP contribution in [0.2, 0.25) is 0 Å². The van der Waals surface area contributed by atoms with Gasteiger partial charge in [0, 0.05) is 11.3 Å². The van der Waals surface area contributed by atoms with Crippen molar-refractivity contribution in [2.24, 2.45) is 5.92 Å². The topological polar surface area (TPSA) is 75.6 Å². The summed E-state index contributed by atoms with van der Waals surface area (Å²) in [5.41, 5.74) is 1.62. The molecule has 0 atom stereocenters. The minimum atomic E-state index is -1.02. The van der Waals surface area contributed by atoms with E-state index in [1.165, 1.54) is 6.07 Å². The van der Waals surface area contributed by atoms with Crippen molar-refractivity contribution in [2.75, 3.05) is 11.9 Å². The number of amides is 1. The van der Waals surface area contributed by atoms with Crippen LogP contribution in [0.1, 0.15) is 40.1 Å². The molecular weight excluding hydrogens is 306 g/mol. The molecular formula is C19H21NO4. The first kappa shape index (κ1) is 17.5. The van der Waals surface area contributed by atoms with Gasteiger partial charge in [0.1, 0.15) is 5.75 Å². The number of benzene rings is 2. The molecule has 2 N–H and O–H groups in total. The Labute approximate surface area is 141 Å². The standard InChI is InChI=1S/C19H21NO4/c1-12(2)11-24-15-7-4-6-14(10-15)18(21)20-17-9-5-8-16(13(17)3)19(22)23/h4-10,12H,11H2,1-3H3,(H,20,21)(H,22,23). The summed E-state index contributed by atoms with van der Waals surface area (Å²) < 4.78 is 5.63. The van der Waals surface area contributed by atoms with E-state index in [1.54, 1.807) is 43.3 Å². The van der Waals surface area contributed by atoms with Gasteiger partial charge in [-0.1, -0.05) is 26.0 Å². The Hall–Kier alpha value is -2.82. The molecule has 5 nitrogen and oxygen atoms in total. The summed E-state index contributed by atoms with van der Waals surface area (Å²) in [6.07, 6.45) is 0. The first-order chi connectivity index (χ1) is 11.4. The van der Waals surface area contributed by atoms with Gasteiger partial charge in [0.05, 0.1) is 12.2 Å². The Morgan fingerprint density at radius 2 is 1.88 bits per heavy atom. The number of hydrogen-bond acceptors (Lipinski definition) is 3. The Morgan fingerprint density at radius 3 is 2.54 bits per heavy atom. The van der Waals surface area contributed by atoms with Crippen LogP contribution in [0.15, 0.2) is 42.5 Å². The zero-order valence-electron chi connectivity index (χ0n) is 14.0. The quantitative estimate of drug-likeness (QED) is 0.841. The number of ether oxygens (including phenoxy) is 1. The smallest absolute Gasteiger partial charge is 0.336 e. The SMILES string of the molecule is Cc1c(NC(=O)c2cccc(OCC(C)C)c2)cccc1C(=O)O. The molecule has 0 unspecified atom stereocenters. The van der Waals surface area contributed by atoms with E-state index in [1.807, 2.05) is 0 Å². The van der Waals surface area contributed by atoms with Crippen molar-refractivity contribution in [1.29, 1.82) is 0 Å². The van der Waals surface area contributed by atoms with Crippen molar-refractivity contribution in [3.63, 3.8) is 0 Å². The average molecular weight is 327 g/mol. The lowest BCUT2D eigenvalue weighted by atomic mass is 10.1. The number of hydrogen-bond donors (Lipinski definition) is 2. The highest BCUT2D eigenvalue weighted by Crippen LogP contribution is 2.21. The number of anilines is 1. The summed E-state index contributed by atoms with van der Waals surface area (Å²) in [5.74, 6) is -0.306. The molecule has 0 fully saturated rings. The van der Waals surface area contributed by atoms with Crippen molar-refractivity contribution in [2.45, 2.75) is 20.8 Å². The Balaban J connectivity index is 2.17. The molecule has 2 aromatic rings. The van der Waals surface area contributed by atoms with Crippen LogP contribution < -0.4 is 10.1 Å². The predicted octanol–water partition coefficient (Wildman–Crippen LogP) is 3.98. The molecule has 0 aliphatic rings. The molecule has 2 rings (SSSR count). The lowest BCUT2D eigenvalue weighted by molar-refractivity contribution is 0.0695. The summed E-state index contributed by atoms with van der Waals surface area (Å²) in [5, 5.41) is 11.9. The van der Waals surface area contributed by atoms with E-state index in [9.17, 15) is 9.59 Å². The fourth-order valence-corrected chi connectivity index (χ4v) is 2.19.